The Labute approximate surface area is 134 Å². The Kier molecular flexibility index (Phi) is 34.7. The number of quaternary nitrogens is 1. The van der Waals surface area contributed by atoms with Crippen LogP contribution in [-0.4, -0.2) is 55.4 Å². The van der Waals surface area contributed by atoms with Crippen LogP contribution in [0.4, 0.5) is 4.79 Å². The Morgan fingerprint density at radius 3 is 1.50 bits per heavy atom. The number of carbonyl (C=O) groups excluding carboxylic acids is 1. The molecule has 0 spiro atoms. The van der Waals surface area contributed by atoms with Crippen molar-refractivity contribution in [2.75, 3.05) is 34.3 Å². The van der Waals surface area contributed by atoms with Crippen LogP contribution in [-0.2, 0) is 0 Å². The predicted octanol–water partition coefficient (Wildman–Crippen LogP) is -7.46. The number of likely N-dealkylation sites (N-methyl/N-ethyl adjacent to an activating group) is 1. The molecule has 0 aromatic rings. The molecular formula is C6H19ClKN3O3. The van der Waals surface area contributed by atoms with Crippen LogP contribution < -0.4 is 75.3 Å². The fourth-order valence-corrected chi connectivity index (χ4v) is 0.300. The Balaban J connectivity index is -0.0000000347. The van der Waals surface area contributed by atoms with Gasteiger partial charge in [-0.2, -0.15) is 0 Å². The van der Waals surface area contributed by atoms with Crippen molar-refractivity contribution in [2.24, 2.45) is 11.5 Å². The number of halogens is 1. The molecule has 0 rings (SSSR count). The first-order chi connectivity index (χ1) is 4.79. The molecule has 0 bridgehead atoms. The number of urea groups is 1. The first kappa shape index (κ1) is 29.4. The molecule has 0 atom stereocenters. The van der Waals surface area contributed by atoms with Crippen molar-refractivity contribution < 1.29 is 83.7 Å². The van der Waals surface area contributed by atoms with E-state index < -0.39 is 6.03 Å². The number of aliphatic hydroxyl groups excluding tert-OH is 1. The number of carbonyl (C=O) groups is 1. The normalized spacial score (nSPS) is 7.71. The van der Waals surface area contributed by atoms with E-state index in [1.54, 1.807) is 0 Å². The van der Waals surface area contributed by atoms with Crippen LogP contribution in [0, 0.1) is 0 Å². The molecule has 0 aliphatic rings. The van der Waals surface area contributed by atoms with Crippen molar-refractivity contribution in [1.29, 1.82) is 0 Å². The molecule has 0 saturated heterocycles. The summed E-state index contributed by atoms with van der Waals surface area (Å²) in [5, 5.41) is 8.39. The van der Waals surface area contributed by atoms with E-state index in [0.29, 0.717) is 0 Å². The zero-order chi connectivity index (χ0) is 9.49. The van der Waals surface area contributed by atoms with Gasteiger partial charge in [0.1, 0.15) is 6.54 Å². The number of aliphatic hydroxyl groups is 1. The van der Waals surface area contributed by atoms with E-state index in [9.17, 15) is 0 Å². The van der Waals surface area contributed by atoms with E-state index in [0.717, 1.165) is 11.0 Å². The predicted molar refractivity (Wildman–Crippen MR) is 45.7 cm³/mol. The van der Waals surface area contributed by atoms with Gasteiger partial charge in [-0.05, 0) is 0 Å². The number of amides is 2. The summed E-state index contributed by atoms with van der Waals surface area (Å²) in [5.41, 5.74) is 8.50. The van der Waals surface area contributed by atoms with Gasteiger partial charge in [-0.1, -0.05) is 0 Å². The van der Waals surface area contributed by atoms with Gasteiger partial charge in [0.05, 0.1) is 27.7 Å². The van der Waals surface area contributed by atoms with E-state index >= 15 is 0 Å². The number of hydrogen-bond donors (Lipinski definition) is 3. The average Bonchev–Trinajstić information content (AvgIpc) is 1.58. The molecule has 0 aromatic heterocycles. The molecule has 0 fully saturated rings. The minimum atomic E-state index is -0.833. The maximum Gasteiger partial charge on any atom is 1.00 e. The third-order valence-electron chi connectivity index (χ3n) is 0.771. The minimum Gasteiger partial charge on any atom is -1.00 e. The molecular weight excluding hydrogens is 237 g/mol. The van der Waals surface area contributed by atoms with E-state index in [4.69, 9.17) is 9.90 Å². The fraction of sp³-hybridized carbons (Fsp3) is 0.833. The summed E-state index contributed by atoms with van der Waals surface area (Å²) in [7, 11) is 6.16. The molecule has 0 heterocycles. The van der Waals surface area contributed by atoms with Gasteiger partial charge in [-0.3, -0.25) is 0 Å². The van der Waals surface area contributed by atoms with Gasteiger partial charge in [0.15, 0.2) is 0 Å². The van der Waals surface area contributed by atoms with Crippen LogP contribution in [0.1, 0.15) is 0 Å². The van der Waals surface area contributed by atoms with Crippen molar-refractivity contribution in [3.8, 4) is 0 Å². The Morgan fingerprint density at radius 2 is 1.50 bits per heavy atom. The van der Waals surface area contributed by atoms with Gasteiger partial charge < -0.3 is 38.9 Å². The van der Waals surface area contributed by atoms with E-state index in [-0.39, 0.29) is 75.9 Å². The van der Waals surface area contributed by atoms with E-state index in [1.807, 2.05) is 0 Å². The average molecular weight is 256 g/mol. The monoisotopic (exact) mass is 255 g/mol. The minimum absolute atomic E-state index is 0. The van der Waals surface area contributed by atoms with Crippen LogP contribution in [0.5, 0.6) is 0 Å². The summed E-state index contributed by atoms with van der Waals surface area (Å²) in [6.07, 6.45) is 0. The second-order valence-corrected chi connectivity index (χ2v) is 3.14. The maximum atomic E-state index is 9.00. The van der Waals surface area contributed by atoms with Crippen LogP contribution >= 0.6 is 0 Å². The third-order valence-corrected chi connectivity index (χ3v) is 0.771. The molecule has 6 N–H and O–H groups in total. The standard InChI is InChI=1S/C5H14NO.CH4N2O.ClH.K.H2O/c1-6(2,3)4-5-7;2-1(3)4;;;/h7H,4-5H2,1-3H3;(H4,2,3,4);1H;;1H2/q+1;;;+1;/p-2. The first-order valence-corrected chi connectivity index (χ1v) is 3.26. The van der Waals surface area contributed by atoms with Crippen molar-refractivity contribution in [3.05, 3.63) is 0 Å². The van der Waals surface area contributed by atoms with Crippen LogP contribution in [0.15, 0.2) is 0 Å². The Morgan fingerprint density at radius 1 is 1.29 bits per heavy atom. The van der Waals surface area contributed by atoms with Crippen molar-refractivity contribution in [3.63, 3.8) is 0 Å². The Hall–Kier alpha value is 1.08. The second-order valence-electron chi connectivity index (χ2n) is 3.14. The molecule has 84 valence electrons. The molecule has 14 heavy (non-hydrogen) atoms. The quantitative estimate of drug-likeness (QED) is 0.336. The molecule has 6 nitrogen and oxygen atoms in total. The topological polar surface area (TPSA) is 119 Å². The van der Waals surface area contributed by atoms with Gasteiger partial charge in [0, 0.05) is 0 Å². The molecule has 0 aliphatic carbocycles. The van der Waals surface area contributed by atoms with Crippen molar-refractivity contribution in [2.45, 2.75) is 0 Å². The van der Waals surface area contributed by atoms with Crippen LogP contribution in [0.3, 0.4) is 0 Å². The molecule has 8 heteroatoms. The van der Waals surface area contributed by atoms with Gasteiger partial charge >= 0.3 is 57.4 Å². The molecule has 0 aromatic carbocycles. The summed E-state index contributed by atoms with van der Waals surface area (Å²) in [6.45, 7) is 1.11. The number of rotatable bonds is 2. The maximum absolute atomic E-state index is 9.00. The number of nitrogens with zero attached hydrogens (tertiary/aromatic N) is 1. The third kappa shape index (κ3) is 74.0. The van der Waals surface area contributed by atoms with Gasteiger partial charge in [0.25, 0.3) is 0 Å². The summed E-state index contributed by atoms with van der Waals surface area (Å²) < 4.78 is 0.844. The summed E-state index contributed by atoms with van der Waals surface area (Å²) >= 11 is 0. The van der Waals surface area contributed by atoms with Gasteiger partial charge in [0.2, 0.25) is 0 Å². The smallest absolute Gasteiger partial charge is 1.00 e. The Bertz CT molecular complexity index is 117. The largest absolute Gasteiger partial charge is 1.00 e. The zero-order valence-electron chi connectivity index (χ0n) is 9.20. The SMILES string of the molecule is C[N+](C)(C)CCO.NC(N)=O.[Cl-].[K+].[OH-]. The van der Waals surface area contributed by atoms with E-state index in [1.165, 1.54) is 0 Å². The van der Waals surface area contributed by atoms with Crippen molar-refractivity contribution >= 4 is 6.03 Å². The molecule has 2 amide bonds. The molecule has 0 saturated carbocycles. The summed E-state index contributed by atoms with van der Waals surface area (Å²) in [5.74, 6) is 0. The first-order valence-electron chi connectivity index (χ1n) is 3.26. The summed E-state index contributed by atoms with van der Waals surface area (Å²) in [6, 6.07) is -0.833. The van der Waals surface area contributed by atoms with Gasteiger partial charge in [-0.15, -0.1) is 0 Å². The molecule has 0 aliphatic heterocycles. The number of hydrogen-bond acceptors (Lipinski definition) is 3. The zero-order valence-corrected chi connectivity index (χ0v) is 13.1. The van der Waals surface area contributed by atoms with Crippen LogP contribution in [0.25, 0.3) is 0 Å². The van der Waals surface area contributed by atoms with Crippen molar-refractivity contribution in [1.82, 2.24) is 0 Å². The summed E-state index contributed by atoms with van der Waals surface area (Å²) in [4.78, 5) is 9.00. The number of nitrogens with two attached hydrogens (primary N) is 2. The molecule has 0 unspecified atom stereocenters. The van der Waals surface area contributed by atoms with E-state index in [2.05, 4.69) is 32.6 Å². The van der Waals surface area contributed by atoms with Gasteiger partial charge in [-0.25, -0.2) is 4.79 Å². The van der Waals surface area contributed by atoms with Crippen LogP contribution in [0.2, 0.25) is 0 Å². The second kappa shape index (κ2) is 16.5. The molecule has 0 radical (unpaired) electrons. The fourth-order valence-electron chi connectivity index (χ4n) is 0.300. The number of primary amides is 2.